The molecule has 54 valence electrons. The van der Waals surface area contributed by atoms with Crippen LogP contribution >= 0.6 is 11.8 Å². The van der Waals surface area contributed by atoms with Gasteiger partial charge < -0.3 is 0 Å². The minimum absolute atomic E-state index is 0.208. The quantitative estimate of drug-likeness (QED) is 0.604. The third-order valence-corrected chi connectivity index (χ3v) is 2.31. The molecule has 0 rings (SSSR count). The van der Waals surface area contributed by atoms with Crippen molar-refractivity contribution < 1.29 is 4.79 Å². The Morgan fingerprint density at radius 2 is 2.11 bits per heavy atom. The van der Waals surface area contributed by atoms with Crippen LogP contribution in [0, 0.1) is 0 Å². The molecular formula is C7H14OS. The molecule has 0 aromatic heterocycles. The van der Waals surface area contributed by atoms with E-state index in [2.05, 4.69) is 6.92 Å². The first kappa shape index (κ1) is 9.02. The molecule has 0 spiro atoms. The number of thioether (sulfide) groups is 1. The first-order chi connectivity index (χ1) is 4.22. The maximum Gasteiger partial charge on any atom is 0.145 e. The molecular weight excluding hydrogens is 132 g/mol. The number of carbonyl (C=O) groups excluding carboxylic acids is 1. The fourth-order valence-electron chi connectivity index (χ4n) is 0.630. The molecule has 1 unspecified atom stereocenters. The van der Waals surface area contributed by atoms with Gasteiger partial charge in [0, 0.05) is 6.42 Å². The monoisotopic (exact) mass is 146 g/mol. The first-order valence-electron chi connectivity index (χ1n) is 3.36. The second kappa shape index (κ2) is 4.86. The SMILES string of the molecule is CCSC(C)C(=O)CC. The fourth-order valence-corrected chi connectivity index (χ4v) is 1.48. The largest absolute Gasteiger partial charge is 0.298 e. The Labute approximate surface area is 61.2 Å². The number of ketones is 1. The number of Topliss-reactive ketones (excluding diaryl/α,β-unsaturated/α-hetero) is 1. The molecule has 0 aliphatic rings. The van der Waals surface area contributed by atoms with E-state index in [1.807, 2.05) is 13.8 Å². The van der Waals surface area contributed by atoms with Crippen molar-refractivity contribution in [2.24, 2.45) is 0 Å². The van der Waals surface area contributed by atoms with Crippen LogP contribution in [0.4, 0.5) is 0 Å². The molecule has 0 saturated carbocycles. The van der Waals surface area contributed by atoms with Crippen LogP contribution in [0.15, 0.2) is 0 Å². The molecule has 0 amide bonds. The molecule has 0 aromatic carbocycles. The van der Waals surface area contributed by atoms with E-state index >= 15 is 0 Å². The Hall–Kier alpha value is 0.0200. The van der Waals surface area contributed by atoms with E-state index in [-0.39, 0.29) is 5.25 Å². The molecule has 2 heteroatoms. The van der Waals surface area contributed by atoms with E-state index in [9.17, 15) is 4.79 Å². The molecule has 9 heavy (non-hydrogen) atoms. The van der Waals surface area contributed by atoms with Gasteiger partial charge in [-0.15, -0.1) is 0 Å². The van der Waals surface area contributed by atoms with Crippen LogP contribution in [0.25, 0.3) is 0 Å². The standard InChI is InChI=1S/C7H14OS/c1-4-7(8)6(3)9-5-2/h6H,4-5H2,1-3H3. The highest BCUT2D eigenvalue weighted by Crippen LogP contribution is 2.11. The van der Waals surface area contributed by atoms with Crippen LogP contribution in [0.1, 0.15) is 27.2 Å². The predicted molar refractivity (Wildman–Crippen MR) is 42.9 cm³/mol. The van der Waals surface area contributed by atoms with Gasteiger partial charge in [0.15, 0.2) is 0 Å². The number of hydrogen-bond donors (Lipinski definition) is 0. The molecule has 1 nitrogen and oxygen atoms in total. The summed E-state index contributed by atoms with van der Waals surface area (Å²) >= 11 is 1.71. The molecule has 0 fully saturated rings. The second-order valence-electron chi connectivity index (χ2n) is 1.92. The zero-order chi connectivity index (χ0) is 7.28. The molecule has 1 atom stereocenters. The molecule has 0 aliphatic carbocycles. The molecule has 0 aromatic rings. The molecule has 0 aliphatic heterocycles. The molecule has 0 bridgehead atoms. The number of hydrogen-bond acceptors (Lipinski definition) is 2. The lowest BCUT2D eigenvalue weighted by Crippen LogP contribution is -2.11. The van der Waals surface area contributed by atoms with Gasteiger partial charge in [0.1, 0.15) is 5.78 Å². The van der Waals surface area contributed by atoms with E-state index < -0.39 is 0 Å². The summed E-state index contributed by atoms with van der Waals surface area (Å²) in [5.41, 5.74) is 0. The van der Waals surface area contributed by atoms with Gasteiger partial charge in [-0.3, -0.25) is 4.79 Å². The predicted octanol–water partition coefficient (Wildman–Crippen LogP) is 2.11. The van der Waals surface area contributed by atoms with E-state index in [0.717, 1.165) is 5.75 Å². The van der Waals surface area contributed by atoms with Crippen LogP contribution in [0.3, 0.4) is 0 Å². The van der Waals surface area contributed by atoms with Crippen molar-refractivity contribution in [3.8, 4) is 0 Å². The molecule has 0 saturated heterocycles. The zero-order valence-corrected chi connectivity index (χ0v) is 7.12. The van der Waals surface area contributed by atoms with Crippen LogP contribution in [-0.2, 0) is 4.79 Å². The lowest BCUT2D eigenvalue weighted by atomic mass is 10.2. The summed E-state index contributed by atoms with van der Waals surface area (Å²) in [5.74, 6) is 1.40. The Kier molecular flexibility index (Phi) is 4.87. The lowest BCUT2D eigenvalue weighted by molar-refractivity contribution is -0.117. The lowest BCUT2D eigenvalue weighted by Gasteiger charge is -2.04. The van der Waals surface area contributed by atoms with Crippen molar-refractivity contribution in [3.05, 3.63) is 0 Å². The molecule has 0 radical (unpaired) electrons. The highest BCUT2D eigenvalue weighted by atomic mass is 32.2. The van der Waals surface area contributed by atoms with E-state index in [4.69, 9.17) is 0 Å². The van der Waals surface area contributed by atoms with Crippen molar-refractivity contribution >= 4 is 17.5 Å². The Morgan fingerprint density at radius 3 is 2.44 bits per heavy atom. The van der Waals surface area contributed by atoms with Gasteiger partial charge in [-0.2, -0.15) is 11.8 Å². The highest BCUT2D eigenvalue weighted by molar-refractivity contribution is 8.00. The normalized spacial score (nSPS) is 13.2. The van der Waals surface area contributed by atoms with Gasteiger partial charge in [-0.1, -0.05) is 13.8 Å². The van der Waals surface area contributed by atoms with Crippen molar-refractivity contribution in [2.45, 2.75) is 32.4 Å². The summed E-state index contributed by atoms with van der Waals surface area (Å²) < 4.78 is 0. The van der Waals surface area contributed by atoms with Gasteiger partial charge in [-0.25, -0.2) is 0 Å². The van der Waals surface area contributed by atoms with Crippen LogP contribution < -0.4 is 0 Å². The van der Waals surface area contributed by atoms with Gasteiger partial charge in [0.2, 0.25) is 0 Å². The highest BCUT2D eigenvalue weighted by Gasteiger charge is 2.08. The van der Waals surface area contributed by atoms with Gasteiger partial charge >= 0.3 is 0 Å². The van der Waals surface area contributed by atoms with Crippen molar-refractivity contribution in [1.82, 2.24) is 0 Å². The Bertz CT molecular complexity index is 90.9. The zero-order valence-electron chi connectivity index (χ0n) is 6.31. The van der Waals surface area contributed by atoms with E-state index in [1.54, 1.807) is 11.8 Å². The van der Waals surface area contributed by atoms with Gasteiger partial charge in [0.05, 0.1) is 5.25 Å². The summed E-state index contributed by atoms with van der Waals surface area (Å²) in [5, 5.41) is 0.208. The third-order valence-electron chi connectivity index (χ3n) is 1.22. The van der Waals surface area contributed by atoms with Gasteiger partial charge in [0.25, 0.3) is 0 Å². The maximum atomic E-state index is 10.9. The number of carbonyl (C=O) groups is 1. The van der Waals surface area contributed by atoms with Crippen molar-refractivity contribution in [2.75, 3.05) is 5.75 Å². The van der Waals surface area contributed by atoms with Crippen LogP contribution in [-0.4, -0.2) is 16.8 Å². The average Bonchev–Trinajstić information content (AvgIpc) is 1.87. The van der Waals surface area contributed by atoms with Crippen molar-refractivity contribution in [3.63, 3.8) is 0 Å². The first-order valence-corrected chi connectivity index (χ1v) is 4.41. The van der Waals surface area contributed by atoms with Crippen LogP contribution in [0.5, 0.6) is 0 Å². The van der Waals surface area contributed by atoms with Gasteiger partial charge in [-0.05, 0) is 12.7 Å². The molecule has 0 N–H and O–H groups in total. The minimum atomic E-state index is 0.208. The minimum Gasteiger partial charge on any atom is -0.298 e. The maximum absolute atomic E-state index is 10.9. The summed E-state index contributed by atoms with van der Waals surface area (Å²) in [4.78, 5) is 10.9. The molecule has 0 heterocycles. The van der Waals surface area contributed by atoms with Crippen molar-refractivity contribution in [1.29, 1.82) is 0 Å². The third kappa shape index (κ3) is 3.57. The van der Waals surface area contributed by atoms with E-state index in [0.29, 0.717) is 12.2 Å². The average molecular weight is 146 g/mol. The smallest absolute Gasteiger partial charge is 0.145 e. The second-order valence-corrected chi connectivity index (χ2v) is 3.54. The number of rotatable bonds is 4. The summed E-state index contributed by atoms with van der Waals surface area (Å²) in [6, 6.07) is 0. The Morgan fingerprint density at radius 1 is 1.56 bits per heavy atom. The fraction of sp³-hybridized carbons (Fsp3) is 0.857. The Balaban J connectivity index is 3.45. The topological polar surface area (TPSA) is 17.1 Å². The summed E-state index contributed by atoms with van der Waals surface area (Å²) in [6.45, 7) is 5.96. The van der Waals surface area contributed by atoms with E-state index in [1.165, 1.54) is 0 Å². The van der Waals surface area contributed by atoms with Crippen LogP contribution in [0.2, 0.25) is 0 Å². The summed E-state index contributed by atoms with van der Waals surface area (Å²) in [7, 11) is 0. The summed E-state index contributed by atoms with van der Waals surface area (Å²) in [6.07, 6.45) is 0.675.